The fraction of sp³-hybridized carbons (Fsp3) is 0.294. The molecule has 0 aromatic heterocycles. The zero-order chi connectivity index (χ0) is 14.0. The van der Waals surface area contributed by atoms with Crippen LogP contribution in [0.4, 0.5) is 0 Å². The monoisotopic (exact) mass is 255 g/mol. The maximum Gasteiger partial charge on any atom is 0.130 e. The van der Waals surface area contributed by atoms with Crippen molar-refractivity contribution in [3.8, 4) is 16.9 Å². The summed E-state index contributed by atoms with van der Waals surface area (Å²) < 4.78 is 5.62. The van der Waals surface area contributed by atoms with Gasteiger partial charge in [0.2, 0.25) is 0 Å². The number of aryl methyl sites for hydroxylation is 2. The first-order valence-electron chi connectivity index (χ1n) is 6.52. The van der Waals surface area contributed by atoms with Gasteiger partial charge in [-0.2, -0.15) is 0 Å². The number of benzene rings is 2. The van der Waals surface area contributed by atoms with Crippen LogP contribution in [-0.4, -0.2) is 7.11 Å². The molecule has 2 aromatic rings. The van der Waals surface area contributed by atoms with Gasteiger partial charge in [-0.25, -0.2) is 0 Å². The number of methoxy groups -OCH3 is 1. The Morgan fingerprint density at radius 3 is 2.16 bits per heavy atom. The summed E-state index contributed by atoms with van der Waals surface area (Å²) in [6, 6.07) is 10.6. The number of rotatable bonds is 3. The standard InChI is InChI=1S/C17H21NO/c1-11-9-12(2)16(17(19-4)13(11)3)15-7-5-14(10-18)6-8-15/h5-9H,10,18H2,1-4H3. The normalized spacial score (nSPS) is 10.6. The lowest BCUT2D eigenvalue weighted by Crippen LogP contribution is -1.98. The van der Waals surface area contributed by atoms with Crippen molar-refractivity contribution >= 4 is 0 Å². The van der Waals surface area contributed by atoms with Gasteiger partial charge in [-0.15, -0.1) is 0 Å². The van der Waals surface area contributed by atoms with Crippen molar-refractivity contribution in [3.63, 3.8) is 0 Å². The maximum absolute atomic E-state index is 5.64. The van der Waals surface area contributed by atoms with Gasteiger partial charge in [-0.05, 0) is 48.6 Å². The highest BCUT2D eigenvalue weighted by molar-refractivity contribution is 5.76. The van der Waals surface area contributed by atoms with Crippen molar-refractivity contribution in [2.75, 3.05) is 7.11 Å². The lowest BCUT2D eigenvalue weighted by atomic mass is 9.93. The molecular weight excluding hydrogens is 234 g/mol. The van der Waals surface area contributed by atoms with Crippen molar-refractivity contribution in [1.82, 2.24) is 0 Å². The molecule has 0 unspecified atom stereocenters. The number of ether oxygens (including phenoxy) is 1. The van der Waals surface area contributed by atoms with Crippen molar-refractivity contribution in [3.05, 3.63) is 52.6 Å². The van der Waals surface area contributed by atoms with Crippen molar-refractivity contribution in [2.24, 2.45) is 5.73 Å². The Morgan fingerprint density at radius 1 is 1.00 bits per heavy atom. The second-order valence-corrected chi connectivity index (χ2v) is 4.94. The Morgan fingerprint density at radius 2 is 1.63 bits per heavy atom. The molecule has 2 nitrogen and oxygen atoms in total. The first kappa shape index (κ1) is 13.6. The van der Waals surface area contributed by atoms with E-state index in [1.807, 2.05) is 0 Å². The molecule has 2 aromatic carbocycles. The van der Waals surface area contributed by atoms with E-state index in [1.54, 1.807) is 7.11 Å². The third-order valence-electron chi connectivity index (χ3n) is 3.67. The topological polar surface area (TPSA) is 35.2 Å². The molecule has 2 heteroatoms. The van der Waals surface area contributed by atoms with E-state index in [2.05, 4.69) is 51.1 Å². The van der Waals surface area contributed by atoms with Crippen LogP contribution in [0.2, 0.25) is 0 Å². The Labute approximate surface area is 115 Å². The van der Waals surface area contributed by atoms with E-state index >= 15 is 0 Å². The molecule has 0 fully saturated rings. The van der Waals surface area contributed by atoms with E-state index in [0.717, 1.165) is 11.3 Å². The predicted octanol–water partition coefficient (Wildman–Crippen LogP) is 3.75. The molecule has 2 N–H and O–H groups in total. The summed E-state index contributed by atoms with van der Waals surface area (Å²) >= 11 is 0. The molecule has 2 rings (SSSR count). The highest BCUT2D eigenvalue weighted by Gasteiger charge is 2.13. The van der Waals surface area contributed by atoms with Gasteiger partial charge >= 0.3 is 0 Å². The van der Waals surface area contributed by atoms with Crippen LogP contribution in [0.5, 0.6) is 5.75 Å². The lowest BCUT2D eigenvalue weighted by molar-refractivity contribution is 0.412. The summed E-state index contributed by atoms with van der Waals surface area (Å²) in [5.41, 5.74) is 12.8. The molecule has 0 aliphatic rings. The maximum atomic E-state index is 5.64. The minimum Gasteiger partial charge on any atom is -0.496 e. The highest BCUT2D eigenvalue weighted by Crippen LogP contribution is 2.37. The first-order valence-corrected chi connectivity index (χ1v) is 6.52. The Hall–Kier alpha value is -1.80. The highest BCUT2D eigenvalue weighted by atomic mass is 16.5. The second kappa shape index (κ2) is 5.45. The smallest absolute Gasteiger partial charge is 0.130 e. The van der Waals surface area contributed by atoms with Crippen LogP contribution in [0.25, 0.3) is 11.1 Å². The van der Waals surface area contributed by atoms with E-state index < -0.39 is 0 Å². The molecule has 0 spiro atoms. The van der Waals surface area contributed by atoms with Crippen LogP contribution < -0.4 is 10.5 Å². The van der Waals surface area contributed by atoms with E-state index in [9.17, 15) is 0 Å². The van der Waals surface area contributed by atoms with Gasteiger partial charge in [0.1, 0.15) is 5.75 Å². The molecule has 0 radical (unpaired) electrons. The van der Waals surface area contributed by atoms with E-state index in [1.165, 1.54) is 27.8 Å². The molecule has 0 heterocycles. The van der Waals surface area contributed by atoms with E-state index in [4.69, 9.17) is 10.5 Å². The average molecular weight is 255 g/mol. The van der Waals surface area contributed by atoms with Gasteiger partial charge in [-0.3, -0.25) is 0 Å². The summed E-state index contributed by atoms with van der Waals surface area (Å²) in [6.07, 6.45) is 0. The van der Waals surface area contributed by atoms with Crippen LogP contribution in [0.15, 0.2) is 30.3 Å². The Balaban J connectivity index is 2.63. The number of nitrogens with two attached hydrogens (primary N) is 1. The molecule has 19 heavy (non-hydrogen) atoms. The molecular formula is C17H21NO. The third kappa shape index (κ3) is 2.49. The minimum atomic E-state index is 0.573. The van der Waals surface area contributed by atoms with Crippen LogP contribution in [0.1, 0.15) is 22.3 Å². The van der Waals surface area contributed by atoms with Gasteiger partial charge in [0.05, 0.1) is 7.11 Å². The quantitative estimate of drug-likeness (QED) is 0.906. The lowest BCUT2D eigenvalue weighted by Gasteiger charge is -2.17. The van der Waals surface area contributed by atoms with Gasteiger partial charge in [0.25, 0.3) is 0 Å². The van der Waals surface area contributed by atoms with Crippen molar-refractivity contribution < 1.29 is 4.74 Å². The number of hydrogen-bond acceptors (Lipinski definition) is 2. The van der Waals surface area contributed by atoms with Gasteiger partial charge in [-0.1, -0.05) is 30.3 Å². The molecule has 0 aliphatic carbocycles. The summed E-state index contributed by atoms with van der Waals surface area (Å²) in [5.74, 6) is 0.970. The van der Waals surface area contributed by atoms with Crippen molar-refractivity contribution in [2.45, 2.75) is 27.3 Å². The fourth-order valence-electron chi connectivity index (χ4n) is 2.47. The summed E-state index contributed by atoms with van der Waals surface area (Å²) in [7, 11) is 1.74. The van der Waals surface area contributed by atoms with E-state index in [-0.39, 0.29) is 0 Å². The SMILES string of the molecule is COc1c(C)c(C)cc(C)c1-c1ccc(CN)cc1. The molecule has 0 bridgehead atoms. The van der Waals surface area contributed by atoms with Crippen LogP contribution in [0, 0.1) is 20.8 Å². The average Bonchev–Trinajstić information content (AvgIpc) is 2.42. The largest absolute Gasteiger partial charge is 0.496 e. The second-order valence-electron chi connectivity index (χ2n) is 4.94. The Bertz CT molecular complexity index is 585. The zero-order valence-corrected chi connectivity index (χ0v) is 12.1. The summed E-state index contributed by atoms with van der Waals surface area (Å²) in [4.78, 5) is 0. The van der Waals surface area contributed by atoms with Gasteiger partial charge in [0.15, 0.2) is 0 Å². The molecule has 0 atom stereocenters. The number of hydrogen-bond donors (Lipinski definition) is 1. The van der Waals surface area contributed by atoms with Crippen LogP contribution >= 0.6 is 0 Å². The molecule has 100 valence electrons. The third-order valence-corrected chi connectivity index (χ3v) is 3.67. The molecule has 0 saturated heterocycles. The van der Waals surface area contributed by atoms with Crippen molar-refractivity contribution in [1.29, 1.82) is 0 Å². The van der Waals surface area contributed by atoms with Gasteiger partial charge in [0, 0.05) is 12.1 Å². The summed E-state index contributed by atoms with van der Waals surface area (Å²) in [5, 5.41) is 0. The van der Waals surface area contributed by atoms with Crippen LogP contribution in [0.3, 0.4) is 0 Å². The first-order chi connectivity index (χ1) is 9.08. The fourth-order valence-corrected chi connectivity index (χ4v) is 2.47. The Kier molecular flexibility index (Phi) is 3.91. The zero-order valence-electron chi connectivity index (χ0n) is 12.1. The van der Waals surface area contributed by atoms with E-state index in [0.29, 0.717) is 6.54 Å². The van der Waals surface area contributed by atoms with Gasteiger partial charge < -0.3 is 10.5 Å². The minimum absolute atomic E-state index is 0.573. The summed E-state index contributed by atoms with van der Waals surface area (Å²) in [6.45, 7) is 6.92. The molecule has 0 saturated carbocycles. The van der Waals surface area contributed by atoms with Crippen LogP contribution in [-0.2, 0) is 6.54 Å². The molecule has 0 aliphatic heterocycles. The predicted molar refractivity (Wildman–Crippen MR) is 80.5 cm³/mol. The molecule has 0 amide bonds.